The monoisotopic (exact) mass is 97.1 g/mol. The molecule has 0 bridgehead atoms. The van der Waals surface area contributed by atoms with Crippen LogP contribution in [0, 0.1) is 6.08 Å². The molecule has 1 rings (SSSR count). The van der Waals surface area contributed by atoms with Gasteiger partial charge in [-0.05, 0) is 18.9 Å². The minimum atomic E-state index is 0. The fourth-order valence-electron chi connectivity index (χ4n) is 0.482. The van der Waals surface area contributed by atoms with Crippen molar-refractivity contribution in [2.24, 2.45) is 0 Å². The molecule has 7 heavy (non-hydrogen) atoms. The number of hydrogen-bond donors (Lipinski definition) is 0. The largest absolute Gasteiger partial charge is 0.412 e. The van der Waals surface area contributed by atoms with Gasteiger partial charge in [-0.1, -0.05) is 18.2 Å². The van der Waals surface area contributed by atoms with Crippen LogP contribution in [0.1, 0.15) is 12.8 Å². The van der Waals surface area contributed by atoms with E-state index in [2.05, 4.69) is 24.3 Å². The highest BCUT2D eigenvalue weighted by molar-refractivity contribution is 4.98. The highest BCUT2D eigenvalue weighted by atomic mass is 16.0. The lowest BCUT2D eigenvalue weighted by atomic mass is 10.2. The molecule has 0 heterocycles. The molecule has 0 atom stereocenters. The number of rotatable bonds is 0. The quantitative estimate of drug-likeness (QED) is 0.402. The molecule has 1 aliphatic carbocycles. The molecule has 0 spiro atoms. The average Bonchev–Trinajstić information content (AvgIpc) is 1.72. The van der Waals surface area contributed by atoms with Gasteiger partial charge in [-0.3, -0.25) is 0 Å². The highest BCUT2D eigenvalue weighted by Crippen LogP contribution is 1.95. The van der Waals surface area contributed by atoms with Crippen LogP contribution in [-0.2, 0) is 0 Å². The van der Waals surface area contributed by atoms with Gasteiger partial charge in [-0.2, -0.15) is 0 Å². The van der Waals surface area contributed by atoms with Gasteiger partial charge >= 0.3 is 0 Å². The summed E-state index contributed by atoms with van der Waals surface area (Å²) < 4.78 is 0. The van der Waals surface area contributed by atoms with Crippen LogP contribution >= 0.6 is 0 Å². The molecule has 1 radical (unpaired) electrons. The number of hydrogen-bond acceptors (Lipinski definition) is 0. The second-order valence-electron chi connectivity index (χ2n) is 1.32. The topological polar surface area (TPSA) is 31.5 Å². The Bertz CT molecular complexity index is 62.2. The van der Waals surface area contributed by atoms with Crippen LogP contribution in [0.2, 0.25) is 0 Å². The summed E-state index contributed by atoms with van der Waals surface area (Å²) >= 11 is 0. The van der Waals surface area contributed by atoms with Gasteiger partial charge in [0.25, 0.3) is 0 Å². The first-order chi connectivity index (χ1) is 3.00. The van der Waals surface area contributed by atoms with Crippen LogP contribution in [0.4, 0.5) is 0 Å². The molecule has 1 aliphatic rings. The van der Waals surface area contributed by atoms with Gasteiger partial charge in [0.2, 0.25) is 0 Å². The summed E-state index contributed by atoms with van der Waals surface area (Å²) in [6.45, 7) is 0. The second kappa shape index (κ2) is 3.62. The molecule has 0 saturated heterocycles. The van der Waals surface area contributed by atoms with Gasteiger partial charge < -0.3 is 5.48 Å². The van der Waals surface area contributed by atoms with Crippen molar-refractivity contribution in [3.8, 4) is 0 Å². The van der Waals surface area contributed by atoms with E-state index in [1.165, 1.54) is 0 Å². The lowest BCUT2D eigenvalue weighted by molar-refractivity contribution is 0.824. The van der Waals surface area contributed by atoms with E-state index in [1.807, 2.05) is 0 Å². The zero-order valence-corrected chi connectivity index (χ0v) is 4.15. The standard InChI is InChI=1S/C6H7.H2O/c1-2-4-6-5-3-1;/h1-2,5H,3-4H2;1H2. The predicted octanol–water partition coefficient (Wildman–Crippen LogP) is 0.871. The summed E-state index contributed by atoms with van der Waals surface area (Å²) in [6, 6.07) is 0. The Labute approximate surface area is 43.7 Å². The van der Waals surface area contributed by atoms with Crippen molar-refractivity contribution in [1.82, 2.24) is 0 Å². The van der Waals surface area contributed by atoms with Crippen molar-refractivity contribution in [3.63, 3.8) is 0 Å². The van der Waals surface area contributed by atoms with Gasteiger partial charge in [0.05, 0.1) is 0 Å². The molecular formula is C6H9O. The maximum Gasteiger partial charge on any atom is -0.00977 e. The summed E-state index contributed by atoms with van der Waals surface area (Å²) in [5, 5.41) is 0. The van der Waals surface area contributed by atoms with Crippen LogP contribution in [0.5, 0.6) is 0 Å². The Balaban J connectivity index is 0.000000360. The van der Waals surface area contributed by atoms with E-state index >= 15 is 0 Å². The van der Waals surface area contributed by atoms with Gasteiger partial charge in [0.15, 0.2) is 0 Å². The minimum absolute atomic E-state index is 0. The van der Waals surface area contributed by atoms with Gasteiger partial charge in [0, 0.05) is 0 Å². The molecule has 0 aromatic rings. The maximum atomic E-state index is 3.07. The molecule has 0 amide bonds. The first kappa shape index (κ1) is 6.44. The predicted molar refractivity (Wildman–Crippen MR) is 29.8 cm³/mol. The van der Waals surface area contributed by atoms with E-state index in [-0.39, 0.29) is 5.48 Å². The Kier molecular flexibility index (Phi) is 3.33. The Morgan fingerprint density at radius 2 is 2.14 bits per heavy atom. The lowest BCUT2D eigenvalue weighted by Crippen LogP contribution is -1.67. The summed E-state index contributed by atoms with van der Waals surface area (Å²) in [6.07, 6.45) is 11.5. The Morgan fingerprint density at radius 3 is 2.29 bits per heavy atom. The van der Waals surface area contributed by atoms with Crippen LogP contribution in [0.25, 0.3) is 0 Å². The third-order valence-corrected chi connectivity index (χ3v) is 0.801. The van der Waals surface area contributed by atoms with Crippen molar-refractivity contribution in [1.29, 1.82) is 0 Å². The van der Waals surface area contributed by atoms with Crippen molar-refractivity contribution >= 4 is 0 Å². The molecule has 1 nitrogen and oxygen atoms in total. The molecule has 0 aromatic carbocycles. The Hall–Kier alpha value is -0.560. The molecule has 0 saturated carbocycles. The van der Waals surface area contributed by atoms with Crippen LogP contribution < -0.4 is 0 Å². The van der Waals surface area contributed by atoms with E-state index in [4.69, 9.17) is 0 Å². The van der Waals surface area contributed by atoms with E-state index in [0.29, 0.717) is 0 Å². The first-order valence-electron chi connectivity index (χ1n) is 2.20. The molecule has 0 fully saturated rings. The van der Waals surface area contributed by atoms with Gasteiger partial charge in [-0.25, -0.2) is 0 Å². The van der Waals surface area contributed by atoms with Gasteiger partial charge in [0.1, 0.15) is 0 Å². The smallest absolute Gasteiger partial charge is 0.00977 e. The fraction of sp³-hybridized carbons (Fsp3) is 0.333. The van der Waals surface area contributed by atoms with Crippen LogP contribution in [0.3, 0.4) is 0 Å². The first-order valence-corrected chi connectivity index (χ1v) is 2.20. The van der Waals surface area contributed by atoms with Gasteiger partial charge in [-0.15, -0.1) is 0 Å². The minimum Gasteiger partial charge on any atom is -0.412 e. The zero-order valence-electron chi connectivity index (χ0n) is 4.15. The lowest BCUT2D eigenvalue weighted by Gasteiger charge is -1.86. The number of allylic oxidation sites excluding steroid dienone is 4. The van der Waals surface area contributed by atoms with Crippen molar-refractivity contribution in [2.75, 3.05) is 0 Å². The molecular weight excluding hydrogens is 88.1 g/mol. The van der Waals surface area contributed by atoms with E-state index in [9.17, 15) is 0 Å². The molecule has 0 unspecified atom stereocenters. The second-order valence-corrected chi connectivity index (χ2v) is 1.32. The molecule has 0 aromatic heterocycles. The summed E-state index contributed by atoms with van der Waals surface area (Å²) in [5.41, 5.74) is 0. The Morgan fingerprint density at radius 1 is 1.29 bits per heavy atom. The SMILES string of the molecule is O.[C]1=CCC=CC1. The summed E-state index contributed by atoms with van der Waals surface area (Å²) in [7, 11) is 0. The molecule has 39 valence electrons. The fourth-order valence-corrected chi connectivity index (χ4v) is 0.482. The summed E-state index contributed by atoms with van der Waals surface area (Å²) in [4.78, 5) is 0. The third-order valence-electron chi connectivity index (χ3n) is 0.801. The van der Waals surface area contributed by atoms with Crippen molar-refractivity contribution in [3.05, 3.63) is 24.3 Å². The highest BCUT2D eigenvalue weighted by Gasteiger charge is 1.76. The maximum absolute atomic E-state index is 3.07. The van der Waals surface area contributed by atoms with Crippen LogP contribution in [0.15, 0.2) is 18.2 Å². The van der Waals surface area contributed by atoms with E-state index in [0.717, 1.165) is 12.8 Å². The average molecular weight is 97.1 g/mol. The normalized spacial score (nSPS) is 16.0. The zero-order chi connectivity index (χ0) is 4.24. The third kappa shape index (κ3) is 2.18. The van der Waals surface area contributed by atoms with E-state index in [1.54, 1.807) is 0 Å². The van der Waals surface area contributed by atoms with Crippen molar-refractivity contribution in [2.45, 2.75) is 12.8 Å². The molecule has 1 heteroatoms. The van der Waals surface area contributed by atoms with Crippen molar-refractivity contribution < 1.29 is 5.48 Å². The molecule has 0 aliphatic heterocycles. The summed E-state index contributed by atoms with van der Waals surface area (Å²) in [5.74, 6) is 0. The van der Waals surface area contributed by atoms with Crippen LogP contribution in [-0.4, -0.2) is 5.48 Å². The molecule has 2 N–H and O–H groups in total. The van der Waals surface area contributed by atoms with E-state index < -0.39 is 0 Å².